The van der Waals surface area contributed by atoms with Crippen LogP contribution in [-0.2, 0) is 13.8 Å². The average Bonchev–Trinajstić information content (AvgIpc) is 2.33. The number of benzene rings is 1. The third kappa shape index (κ3) is 5.40. The van der Waals surface area contributed by atoms with Gasteiger partial charge in [-0.05, 0) is 48.0 Å². The molecule has 0 saturated heterocycles. The lowest BCUT2D eigenvalue weighted by Crippen LogP contribution is -2.28. The standard InChI is InChI=1S/C12H15BrClNO4S/c1-8(2)19-6-5-15-12(16)9-3-4-10(13)11(7-9)20(14,17)18/h3-4,7-8H,5-6H2,1-2H3,(H,15,16). The summed E-state index contributed by atoms with van der Waals surface area (Å²) in [6.07, 6.45) is 0.0903. The molecule has 0 aliphatic heterocycles. The van der Waals surface area contributed by atoms with E-state index in [1.807, 2.05) is 13.8 Å². The highest BCUT2D eigenvalue weighted by Gasteiger charge is 2.17. The number of hydrogen-bond donors (Lipinski definition) is 1. The van der Waals surface area contributed by atoms with Gasteiger partial charge in [-0.1, -0.05) is 0 Å². The molecule has 0 saturated carbocycles. The molecule has 0 aliphatic carbocycles. The van der Waals surface area contributed by atoms with Crippen LogP contribution in [0.25, 0.3) is 0 Å². The van der Waals surface area contributed by atoms with Crippen molar-refractivity contribution in [2.75, 3.05) is 13.2 Å². The summed E-state index contributed by atoms with van der Waals surface area (Å²) in [5, 5.41) is 2.64. The third-order valence-corrected chi connectivity index (χ3v) is 4.61. The lowest BCUT2D eigenvalue weighted by atomic mass is 10.2. The lowest BCUT2D eigenvalue weighted by molar-refractivity contribution is 0.0746. The van der Waals surface area contributed by atoms with E-state index in [4.69, 9.17) is 15.4 Å². The van der Waals surface area contributed by atoms with E-state index in [9.17, 15) is 13.2 Å². The van der Waals surface area contributed by atoms with E-state index in [1.165, 1.54) is 18.2 Å². The van der Waals surface area contributed by atoms with Gasteiger partial charge in [0.1, 0.15) is 0 Å². The molecule has 0 heterocycles. The second-order valence-corrected chi connectivity index (χ2v) is 7.65. The molecule has 0 bridgehead atoms. The van der Waals surface area contributed by atoms with Gasteiger partial charge in [0, 0.05) is 27.3 Å². The van der Waals surface area contributed by atoms with Crippen LogP contribution in [-0.4, -0.2) is 33.6 Å². The maximum atomic E-state index is 11.9. The Morgan fingerprint density at radius 3 is 2.65 bits per heavy atom. The van der Waals surface area contributed by atoms with E-state index in [1.54, 1.807) is 0 Å². The Balaban J connectivity index is 2.75. The molecule has 0 radical (unpaired) electrons. The minimum absolute atomic E-state index is 0.0903. The smallest absolute Gasteiger partial charge is 0.262 e. The maximum Gasteiger partial charge on any atom is 0.262 e. The molecular formula is C12H15BrClNO4S. The molecule has 0 spiro atoms. The van der Waals surface area contributed by atoms with Gasteiger partial charge in [0.05, 0.1) is 17.6 Å². The normalized spacial score (nSPS) is 11.7. The molecule has 1 rings (SSSR count). The van der Waals surface area contributed by atoms with Crippen LogP contribution >= 0.6 is 26.6 Å². The van der Waals surface area contributed by atoms with Crippen molar-refractivity contribution in [3.63, 3.8) is 0 Å². The SMILES string of the molecule is CC(C)OCCNC(=O)c1ccc(Br)c(S(=O)(=O)Cl)c1. The zero-order valence-corrected chi connectivity index (χ0v) is 14.2. The molecule has 5 nitrogen and oxygen atoms in total. The predicted octanol–water partition coefficient (Wildman–Crippen LogP) is 2.53. The molecule has 0 fully saturated rings. The van der Waals surface area contributed by atoms with Crippen LogP contribution in [0.4, 0.5) is 0 Å². The molecule has 20 heavy (non-hydrogen) atoms. The number of ether oxygens (including phenoxy) is 1. The van der Waals surface area contributed by atoms with Crippen LogP contribution in [0.5, 0.6) is 0 Å². The lowest BCUT2D eigenvalue weighted by Gasteiger charge is -2.09. The van der Waals surface area contributed by atoms with E-state index >= 15 is 0 Å². The largest absolute Gasteiger partial charge is 0.377 e. The van der Waals surface area contributed by atoms with Crippen molar-refractivity contribution in [3.8, 4) is 0 Å². The number of amides is 1. The van der Waals surface area contributed by atoms with Crippen molar-refractivity contribution < 1.29 is 17.9 Å². The predicted molar refractivity (Wildman–Crippen MR) is 80.6 cm³/mol. The monoisotopic (exact) mass is 383 g/mol. The number of hydrogen-bond acceptors (Lipinski definition) is 4. The Hall–Kier alpha value is -0.630. The van der Waals surface area contributed by atoms with Crippen LogP contribution in [0.1, 0.15) is 24.2 Å². The fourth-order valence-electron chi connectivity index (χ4n) is 1.39. The average molecular weight is 385 g/mol. The summed E-state index contributed by atoms with van der Waals surface area (Å²) in [4.78, 5) is 11.7. The quantitative estimate of drug-likeness (QED) is 0.604. The van der Waals surface area contributed by atoms with Crippen molar-refractivity contribution in [1.82, 2.24) is 5.32 Å². The van der Waals surface area contributed by atoms with Gasteiger partial charge in [-0.3, -0.25) is 4.79 Å². The molecule has 0 unspecified atom stereocenters. The van der Waals surface area contributed by atoms with E-state index in [2.05, 4.69) is 21.2 Å². The minimum atomic E-state index is -3.91. The van der Waals surface area contributed by atoms with E-state index in [-0.39, 0.29) is 22.5 Å². The van der Waals surface area contributed by atoms with Crippen LogP contribution in [0, 0.1) is 0 Å². The van der Waals surface area contributed by atoms with Gasteiger partial charge in [-0.15, -0.1) is 0 Å². The van der Waals surface area contributed by atoms with Gasteiger partial charge >= 0.3 is 0 Å². The molecule has 1 aromatic carbocycles. The van der Waals surface area contributed by atoms with Crippen molar-refractivity contribution in [2.45, 2.75) is 24.8 Å². The number of rotatable bonds is 6. The van der Waals surface area contributed by atoms with Gasteiger partial charge in [-0.25, -0.2) is 8.42 Å². The molecule has 0 aromatic heterocycles. The molecule has 0 atom stereocenters. The number of nitrogens with one attached hydrogen (secondary N) is 1. The van der Waals surface area contributed by atoms with Crippen molar-refractivity contribution in [1.29, 1.82) is 0 Å². The second-order valence-electron chi connectivity index (χ2n) is 4.26. The summed E-state index contributed by atoms with van der Waals surface area (Å²) in [6.45, 7) is 4.53. The van der Waals surface area contributed by atoms with Crippen molar-refractivity contribution >= 4 is 41.6 Å². The zero-order valence-electron chi connectivity index (χ0n) is 11.0. The molecule has 1 N–H and O–H groups in total. The second kappa shape index (κ2) is 7.40. The number of carbonyl (C=O) groups excluding carboxylic acids is 1. The van der Waals surface area contributed by atoms with E-state index in [0.29, 0.717) is 17.6 Å². The first-order valence-electron chi connectivity index (χ1n) is 5.86. The van der Waals surface area contributed by atoms with Crippen molar-refractivity contribution in [3.05, 3.63) is 28.2 Å². The maximum absolute atomic E-state index is 11.9. The Morgan fingerprint density at radius 1 is 1.45 bits per heavy atom. The molecule has 1 aromatic rings. The van der Waals surface area contributed by atoms with Gasteiger partial charge in [0.15, 0.2) is 0 Å². The summed E-state index contributed by atoms with van der Waals surface area (Å²) in [5.41, 5.74) is 0.219. The summed E-state index contributed by atoms with van der Waals surface area (Å²) >= 11 is 3.08. The molecule has 8 heteroatoms. The van der Waals surface area contributed by atoms with Crippen LogP contribution in [0.15, 0.2) is 27.6 Å². The Kier molecular flexibility index (Phi) is 6.44. The van der Waals surface area contributed by atoms with Crippen LogP contribution in [0.2, 0.25) is 0 Å². The van der Waals surface area contributed by atoms with Crippen molar-refractivity contribution in [2.24, 2.45) is 0 Å². The van der Waals surface area contributed by atoms with Crippen LogP contribution < -0.4 is 5.32 Å². The first-order valence-corrected chi connectivity index (χ1v) is 8.96. The molecule has 112 valence electrons. The Bertz CT molecular complexity index is 589. The van der Waals surface area contributed by atoms with Crippen LogP contribution in [0.3, 0.4) is 0 Å². The third-order valence-electron chi connectivity index (χ3n) is 2.29. The van der Waals surface area contributed by atoms with E-state index < -0.39 is 9.05 Å². The fourth-order valence-corrected chi connectivity index (χ4v) is 3.51. The van der Waals surface area contributed by atoms with Gasteiger partial charge in [-0.2, -0.15) is 0 Å². The van der Waals surface area contributed by atoms with E-state index in [0.717, 1.165) is 0 Å². The minimum Gasteiger partial charge on any atom is -0.377 e. The first kappa shape index (κ1) is 17.4. The first-order chi connectivity index (χ1) is 9.21. The topological polar surface area (TPSA) is 72.5 Å². The number of carbonyl (C=O) groups is 1. The number of halogens is 2. The molecule has 1 amide bonds. The highest BCUT2D eigenvalue weighted by molar-refractivity contribution is 9.10. The summed E-state index contributed by atoms with van der Waals surface area (Å²) < 4.78 is 28.3. The van der Waals surface area contributed by atoms with Gasteiger partial charge in [0.25, 0.3) is 15.0 Å². The summed E-state index contributed by atoms with van der Waals surface area (Å²) in [6, 6.07) is 4.20. The Labute approximate surface area is 131 Å². The van der Waals surface area contributed by atoms with Gasteiger partial charge < -0.3 is 10.1 Å². The molecule has 0 aliphatic rings. The highest BCUT2D eigenvalue weighted by atomic mass is 79.9. The zero-order chi connectivity index (χ0) is 15.3. The Morgan fingerprint density at radius 2 is 2.10 bits per heavy atom. The molecular weight excluding hydrogens is 370 g/mol. The fraction of sp³-hybridized carbons (Fsp3) is 0.417. The highest BCUT2D eigenvalue weighted by Crippen LogP contribution is 2.26. The summed E-state index contributed by atoms with van der Waals surface area (Å²) in [5.74, 6) is -0.383. The summed E-state index contributed by atoms with van der Waals surface area (Å²) in [7, 11) is 1.39. The van der Waals surface area contributed by atoms with Gasteiger partial charge in [0.2, 0.25) is 0 Å².